The van der Waals surface area contributed by atoms with E-state index in [1.807, 2.05) is 4.90 Å². The summed E-state index contributed by atoms with van der Waals surface area (Å²) in [5.74, 6) is 0. The molecule has 1 unspecified atom stereocenters. The van der Waals surface area contributed by atoms with Crippen LogP contribution in [0, 0.1) is 15.5 Å². The first kappa shape index (κ1) is 17.7. The number of sulfone groups is 1. The van der Waals surface area contributed by atoms with Crippen molar-refractivity contribution in [3.63, 3.8) is 0 Å². The molecule has 0 amide bonds. The number of nitro groups is 1. The first-order chi connectivity index (χ1) is 10.7. The number of para-hydroxylation sites is 1. The largest absolute Gasteiger partial charge is 0.365 e. The van der Waals surface area contributed by atoms with Crippen LogP contribution in [0.25, 0.3) is 0 Å². The molecule has 0 spiro atoms. The van der Waals surface area contributed by atoms with Crippen LogP contribution in [0.1, 0.15) is 39.5 Å². The molecule has 1 atom stereocenters. The quantitative estimate of drug-likeness (QED) is 0.606. The minimum absolute atomic E-state index is 0.113. The molecule has 1 aliphatic rings. The van der Waals surface area contributed by atoms with Gasteiger partial charge in [0.25, 0.3) is 0 Å². The van der Waals surface area contributed by atoms with Crippen molar-refractivity contribution in [3.8, 4) is 0 Å². The van der Waals surface area contributed by atoms with Crippen LogP contribution in [0.4, 0.5) is 11.4 Å². The Morgan fingerprint density at radius 2 is 2.09 bits per heavy atom. The Hall–Kier alpha value is -1.63. The molecule has 0 radical (unpaired) electrons. The summed E-state index contributed by atoms with van der Waals surface area (Å²) in [6, 6.07) is 4.56. The predicted octanol–water partition coefficient (Wildman–Crippen LogP) is 3.40. The van der Waals surface area contributed by atoms with E-state index < -0.39 is 14.8 Å². The third-order valence-electron chi connectivity index (χ3n) is 4.53. The Morgan fingerprint density at radius 1 is 1.39 bits per heavy atom. The van der Waals surface area contributed by atoms with Crippen molar-refractivity contribution in [2.75, 3.05) is 24.2 Å². The maximum atomic E-state index is 11.9. The average molecular weight is 340 g/mol. The van der Waals surface area contributed by atoms with Crippen molar-refractivity contribution in [2.45, 2.75) is 44.4 Å². The molecule has 1 saturated heterocycles. The van der Waals surface area contributed by atoms with Crippen LogP contribution in [0.15, 0.2) is 23.1 Å². The lowest BCUT2D eigenvalue weighted by atomic mass is 9.78. The first-order valence-electron chi connectivity index (χ1n) is 7.90. The second-order valence-electron chi connectivity index (χ2n) is 6.74. The number of hydrogen-bond acceptors (Lipinski definition) is 5. The zero-order valence-electron chi connectivity index (χ0n) is 13.9. The van der Waals surface area contributed by atoms with Crippen LogP contribution >= 0.6 is 0 Å². The van der Waals surface area contributed by atoms with E-state index in [1.165, 1.54) is 6.07 Å². The smallest absolute Gasteiger partial charge is 0.311 e. The van der Waals surface area contributed by atoms with Gasteiger partial charge in [-0.25, -0.2) is 8.42 Å². The van der Waals surface area contributed by atoms with E-state index in [0.29, 0.717) is 12.2 Å². The molecule has 1 fully saturated rings. The van der Waals surface area contributed by atoms with Crippen LogP contribution < -0.4 is 4.90 Å². The third-order valence-corrected chi connectivity index (χ3v) is 5.66. The number of rotatable bonds is 5. The van der Waals surface area contributed by atoms with Crippen molar-refractivity contribution in [1.82, 2.24) is 0 Å². The average Bonchev–Trinajstić information content (AvgIpc) is 2.45. The normalized spacial score (nSPS) is 22.1. The topological polar surface area (TPSA) is 80.5 Å². The van der Waals surface area contributed by atoms with Gasteiger partial charge in [0, 0.05) is 19.3 Å². The molecule has 1 heterocycles. The molecule has 7 heteroatoms. The Bertz CT molecular complexity index is 698. The predicted molar refractivity (Wildman–Crippen MR) is 90.7 cm³/mol. The van der Waals surface area contributed by atoms with Crippen molar-refractivity contribution in [2.24, 2.45) is 5.41 Å². The lowest BCUT2D eigenvalue weighted by molar-refractivity contribution is -0.387. The van der Waals surface area contributed by atoms with Gasteiger partial charge in [-0.2, -0.15) is 0 Å². The summed E-state index contributed by atoms with van der Waals surface area (Å²) >= 11 is 0. The summed E-state index contributed by atoms with van der Waals surface area (Å²) in [4.78, 5) is 12.7. The van der Waals surface area contributed by atoms with E-state index in [9.17, 15) is 18.5 Å². The van der Waals surface area contributed by atoms with Gasteiger partial charge in [0.2, 0.25) is 0 Å². The van der Waals surface area contributed by atoms with Crippen molar-refractivity contribution in [3.05, 3.63) is 28.3 Å². The maximum Gasteiger partial charge on any atom is 0.311 e. The third kappa shape index (κ3) is 3.83. The van der Waals surface area contributed by atoms with Gasteiger partial charge in [0.1, 0.15) is 10.6 Å². The Kier molecular flexibility index (Phi) is 4.98. The Labute approximate surface area is 137 Å². The molecule has 1 aromatic rings. The lowest BCUT2D eigenvalue weighted by Crippen LogP contribution is -2.42. The van der Waals surface area contributed by atoms with Gasteiger partial charge in [-0.3, -0.25) is 10.1 Å². The van der Waals surface area contributed by atoms with E-state index in [1.54, 1.807) is 12.1 Å². The highest BCUT2D eigenvalue weighted by Crippen LogP contribution is 2.40. The fourth-order valence-corrected chi connectivity index (χ4v) is 4.43. The zero-order valence-corrected chi connectivity index (χ0v) is 14.7. The molecule has 0 aromatic heterocycles. The van der Waals surface area contributed by atoms with Crippen molar-refractivity contribution >= 4 is 21.2 Å². The second kappa shape index (κ2) is 6.47. The molecule has 6 nitrogen and oxygen atoms in total. The molecule has 0 N–H and O–H groups in total. The minimum atomic E-state index is -3.65. The Morgan fingerprint density at radius 3 is 2.65 bits per heavy atom. The van der Waals surface area contributed by atoms with Crippen LogP contribution in [-0.4, -0.2) is 32.7 Å². The van der Waals surface area contributed by atoms with E-state index in [0.717, 1.165) is 38.5 Å². The van der Waals surface area contributed by atoms with Gasteiger partial charge in [0.05, 0.1) is 4.92 Å². The molecule has 2 rings (SSSR count). The summed E-state index contributed by atoms with van der Waals surface area (Å²) in [6.45, 7) is 5.77. The van der Waals surface area contributed by atoms with Crippen LogP contribution in [0.5, 0.6) is 0 Å². The molecule has 1 aromatic carbocycles. The number of benzene rings is 1. The molecular formula is C16H24N2O4S. The summed E-state index contributed by atoms with van der Waals surface area (Å²) in [7, 11) is -3.65. The molecular weight excluding hydrogens is 316 g/mol. The number of hydrogen-bond donors (Lipinski definition) is 0. The highest BCUT2D eigenvalue weighted by molar-refractivity contribution is 7.90. The van der Waals surface area contributed by atoms with Crippen molar-refractivity contribution in [1.29, 1.82) is 0 Å². The molecule has 128 valence electrons. The molecule has 0 bridgehead atoms. The van der Waals surface area contributed by atoms with Gasteiger partial charge in [-0.05, 0) is 36.8 Å². The second-order valence-corrected chi connectivity index (χ2v) is 8.72. The van der Waals surface area contributed by atoms with E-state index in [-0.39, 0.29) is 16.0 Å². The molecule has 0 saturated carbocycles. The fourth-order valence-electron chi connectivity index (χ4n) is 3.58. The summed E-state index contributed by atoms with van der Waals surface area (Å²) in [5, 5.41) is 11.5. The van der Waals surface area contributed by atoms with E-state index in [2.05, 4.69) is 13.8 Å². The highest BCUT2D eigenvalue weighted by atomic mass is 32.2. The van der Waals surface area contributed by atoms with Crippen molar-refractivity contribution < 1.29 is 13.3 Å². The first-order valence-corrected chi connectivity index (χ1v) is 9.79. The van der Waals surface area contributed by atoms with Crippen LogP contribution in [0.3, 0.4) is 0 Å². The minimum Gasteiger partial charge on any atom is -0.365 e. The fraction of sp³-hybridized carbons (Fsp3) is 0.625. The molecule has 1 aliphatic heterocycles. The van der Waals surface area contributed by atoms with Gasteiger partial charge >= 0.3 is 5.69 Å². The van der Waals surface area contributed by atoms with E-state index in [4.69, 9.17) is 0 Å². The Balaban J connectivity index is 2.49. The molecule has 0 aliphatic carbocycles. The summed E-state index contributed by atoms with van der Waals surface area (Å²) < 4.78 is 23.8. The zero-order chi connectivity index (χ0) is 17.3. The SMILES string of the molecule is CCCC1(C)CCCN(c2cccc(S(C)(=O)=O)c2[N+](=O)[O-])C1. The summed E-state index contributed by atoms with van der Waals surface area (Å²) in [6.07, 6.45) is 5.18. The van der Waals surface area contributed by atoms with Crippen LogP contribution in [0.2, 0.25) is 0 Å². The number of nitro benzene ring substituents is 1. The monoisotopic (exact) mass is 340 g/mol. The molecule has 23 heavy (non-hydrogen) atoms. The maximum absolute atomic E-state index is 11.9. The lowest BCUT2D eigenvalue weighted by Gasteiger charge is -2.41. The number of nitrogens with zero attached hydrogens (tertiary/aromatic N) is 2. The highest BCUT2D eigenvalue weighted by Gasteiger charge is 2.35. The summed E-state index contributed by atoms with van der Waals surface area (Å²) in [5.41, 5.74) is 0.234. The van der Waals surface area contributed by atoms with Gasteiger partial charge in [-0.15, -0.1) is 0 Å². The van der Waals surface area contributed by atoms with Gasteiger partial charge < -0.3 is 4.90 Å². The number of anilines is 1. The number of piperidine rings is 1. The standard InChI is InChI=1S/C16H24N2O4S/c1-4-9-16(2)10-6-11-17(12-16)13-7-5-8-14(23(3,21)22)15(13)18(19)20/h5,7-8H,4,6,9-12H2,1-3H3. The van der Waals surface area contributed by atoms with Gasteiger partial charge in [0.15, 0.2) is 9.84 Å². The van der Waals surface area contributed by atoms with Gasteiger partial charge in [-0.1, -0.05) is 26.3 Å². The van der Waals surface area contributed by atoms with Crippen LogP contribution in [-0.2, 0) is 9.84 Å². The van der Waals surface area contributed by atoms with E-state index >= 15 is 0 Å².